The van der Waals surface area contributed by atoms with Crippen LogP contribution in [-0.4, -0.2) is 49.5 Å². The Morgan fingerprint density at radius 1 is 1.42 bits per heavy atom. The summed E-state index contributed by atoms with van der Waals surface area (Å²) in [6.45, 7) is 0.0296. The molecular weight excluding hydrogens is 255 g/mol. The highest BCUT2D eigenvalue weighted by atomic mass is 19.1. The lowest BCUT2D eigenvalue weighted by Crippen LogP contribution is -2.33. The van der Waals surface area contributed by atoms with E-state index in [4.69, 9.17) is 16.2 Å². The summed E-state index contributed by atoms with van der Waals surface area (Å²) in [4.78, 5) is 11.8. The zero-order chi connectivity index (χ0) is 13.6. The highest BCUT2D eigenvalue weighted by Crippen LogP contribution is 2.33. The molecule has 1 fully saturated rings. The van der Waals surface area contributed by atoms with E-state index in [9.17, 15) is 9.50 Å². The molecule has 8 nitrogen and oxygen atoms in total. The van der Waals surface area contributed by atoms with Crippen LogP contribution in [0.4, 0.5) is 10.2 Å². The van der Waals surface area contributed by atoms with Crippen molar-refractivity contribution in [3.63, 3.8) is 0 Å². The number of nitrogens with zero attached hydrogens (tertiary/aromatic N) is 4. The molecular formula is C10H13FN6O2. The number of nitrogens with two attached hydrogens (primary N) is 2. The van der Waals surface area contributed by atoms with Crippen molar-refractivity contribution >= 4 is 17.0 Å². The fourth-order valence-electron chi connectivity index (χ4n) is 2.18. The van der Waals surface area contributed by atoms with Crippen LogP contribution >= 0.6 is 0 Å². The number of nitrogen functional groups attached to an aromatic ring is 1. The minimum atomic E-state index is -1.61. The van der Waals surface area contributed by atoms with E-state index in [0.717, 1.165) is 0 Å². The normalized spacial score (nSPS) is 31.1. The van der Waals surface area contributed by atoms with Gasteiger partial charge in [0.1, 0.15) is 24.1 Å². The zero-order valence-electron chi connectivity index (χ0n) is 9.85. The third-order valence-electron chi connectivity index (χ3n) is 3.19. The van der Waals surface area contributed by atoms with Crippen molar-refractivity contribution < 1.29 is 14.2 Å². The fourth-order valence-corrected chi connectivity index (χ4v) is 2.18. The van der Waals surface area contributed by atoms with Crippen LogP contribution in [0.15, 0.2) is 12.7 Å². The highest BCUT2D eigenvalue weighted by molar-refractivity contribution is 5.81. The van der Waals surface area contributed by atoms with Gasteiger partial charge in [-0.3, -0.25) is 4.57 Å². The average molecular weight is 268 g/mol. The molecule has 1 saturated heterocycles. The lowest BCUT2D eigenvalue weighted by atomic mass is 10.1. The molecule has 0 amide bonds. The van der Waals surface area contributed by atoms with Crippen molar-refractivity contribution in [3.05, 3.63) is 12.7 Å². The molecule has 0 aromatic carbocycles. The summed E-state index contributed by atoms with van der Waals surface area (Å²) >= 11 is 0. The van der Waals surface area contributed by atoms with Gasteiger partial charge >= 0.3 is 0 Å². The van der Waals surface area contributed by atoms with Crippen molar-refractivity contribution in [1.82, 2.24) is 19.5 Å². The summed E-state index contributed by atoms with van der Waals surface area (Å²) in [6.07, 6.45) is -2.04. The number of anilines is 1. The molecule has 5 N–H and O–H groups in total. The van der Waals surface area contributed by atoms with Gasteiger partial charge in [0, 0.05) is 6.54 Å². The largest absolute Gasteiger partial charge is 0.387 e. The topological polar surface area (TPSA) is 125 Å². The molecule has 9 heteroatoms. The molecule has 1 aliphatic heterocycles. The van der Waals surface area contributed by atoms with Gasteiger partial charge in [0.25, 0.3) is 0 Å². The van der Waals surface area contributed by atoms with Gasteiger partial charge in [0.15, 0.2) is 23.9 Å². The van der Waals surface area contributed by atoms with Crippen molar-refractivity contribution in [1.29, 1.82) is 0 Å². The molecule has 0 bridgehead atoms. The van der Waals surface area contributed by atoms with Gasteiger partial charge in [-0.05, 0) is 0 Å². The molecule has 102 valence electrons. The second-order valence-corrected chi connectivity index (χ2v) is 4.32. The first-order valence-corrected chi connectivity index (χ1v) is 5.74. The predicted molar refractivity (Wildman–Crippen MR) is 63.6 cm³/mol. The van der Waals surface area contributed by atoms with Crippen molar-refractivity contribution in [2.24, 2.45) is 5.73 Å². The van der Waals surface area contributed by atoms with Crippen molar-refractivity contribution in [2.75, 3.05) is 12.3 Å². The zero-order valence-corrected chi connectivity index (χ0v) is 9.85. The maximum atomic E-state index is 14.1. The van der Waals surface area contributed by atoms with Crippen LogP contribution in [0, 0.1) is 0 Å². The predicted octanol–water partition coefficient (Wildman–Crippen LogP) is -1.04. The number of hydrogen-bond acceptors (Lipinski definition) is 7. The molecule has 0 aliphatic carbocycles. The van der Waals surface area contributed by atoms with Crippen LogP contribution in [0.5, 0.6) is 0 Å². The van der Waals surface area contributed by atoms with E-state index in [1.165, 1.54) is 17.2 Å². The van der Waals surface area contributed by atoms with Crippen LogP contribution in [-0.2, 0) is 4.74 Å². The minimum Gasteiger partial charge on any atom is -0.387 e. The molecule has 0 spiro atoms. The van der Waals surface area contributed by atoms with E-state index in [1.54, 1.807) is 0 Å². The number of aromatic nitrogens is 4. The Labute approximate surface area is 107 Å². The Hall–Kier alpha value is -1.84. The number of fused-ring (bicyclic) bond motifs is 1. The number of ether oxygens (including phenoxy) is 1. The number of halogens is 1. The lowest BCUT2D eigenvalue weighted by molar-refractivity contribution is -0.0180. The van der Waals surface area contributed by atoms with Crippen LogP contribution in [0.1, 0.15) is 6.23 Å². The first-order valence-electron chi connectivity index (χ1n) is 5.74. The van der Waals surface area contributed by atoms with Crippen LogP contribution in [0.3, 0.4) is 0 Å². The Kier molecular flexibility index (Phi) is 2.81. The quantitative estimate of drug-likeness (QED) is 0.635. The Morgan fingerprint density at radius 2 is 2.21 bits per heavy atom. The lowest BCUT2D eigenvalue weighted by Gasteiger charge is -2.14. The first-order chi connectivity index (χ1) is 9.13. The van der Waals surface area contributed by atoms with E-state index in [2.05, 4.69) is 15.0 Å². The average Bonchev–Trinajstić information content (AvgIpc) is 2.94. The fraction of sp³-hybridized carbons (Fsp3) is 0.500. The molecule has 1 unspecified atom stereocenters. The number of aliphatic hydroxyl groups excluding tert-OH is 1. The minimum absolute atomic E-state index is 0.0296. The van der Waals surface area contributed by atoms with Crippen molar-refractivity contribution in [2.45, 2.75) is 24.6 Å². The molecule has 4 atom stereocenters. The van der Waals surface area contributed by atoms with E-state index in [-0.39, 0.29) is 12.4 Å². The molecule has 3 heterocycles. The van der Waals surface area contributed by atoms with Gasteiger partial charge in [-0.1, -0.05) is 0 Å². The molecule has 19 heavy (non-hydrogen) atoms. The van der Waals surface area contributed by atoms with E-state index < -0.39 is 24.6 Å². The van der Waals surface area contributed by atoms with Gasteiger partial charge in [0.2, 0.25) is 0 Å². The van der Waals surface area contributed by atoms with Gasteiger partial charge in [-0.25, -0.2) is 19.3 Å². The van der Waals surface area contributed by atoms with Crippen LogP contribution in [0.2, 0.25) is 0 Å². The number of alkyl halides is 1. The molecule has 1 aliphatic rings. The molecule has 0 saturated carbocycles. The monoisotopic (exact) mass is 268 g/mol. The maximum absolute atomic E-state index is 14.1. The molecule has 2 aromatic heterocycles. The van der Waals surface area contributed by atoms with Crippen LogP contribution in [0.25, 0.3) is 11.2 Å². The van der Waals surface area contributed by atoms with E-state index in [0.29, 0.717) is 11.2 Å². The Balaban J connectivity index is 2.04. The summed E-state index contributed by atoms with van der Waals surface area (Å²) in [5.74, 6) is 0.202. The maximum Gasteiger partial charge on any atom is 0.173 e. The second-order valence-electron chi connectivity index (χ2n) is 4.32. The molecule has 0 radical (unpaired) electrons. The highest BCUT2D eigenvalue weighted by Gasteiger charge is 2.45. The standard InChI is InChI=1S/C10H13FN6O2/c11-5-7(18)4(1-12)19-10(5)17-3-16-6-8(13)14-2-15-9(6)17/h2-5,7,10,18H,1,12H2,(H2,13,14,15)/t4-,5?,7-,10-/m1/s1. The van der Waals surface area contributed by atoms with E-state index in [1.807, 2.05) is 0 Å². The van der Waals surface area contributed by atoms with Gasteiger partial charge in [-0.15, -0.1) is 0 Å². The number of aliphatic hydroxyl groups is 1. The molecule has 2 aromatic rings. The summed E-state index contributed by atoms with van der Waals surface area (Å²) < 4.78 is 20.8. The number of imidazole rings is 1. The van der Waals surface area contributed by atoms with Crippen LogP contribution < -0.4 is 11.5 Å². The first kappa shape index (κ1) is 12.2. The summed E-state index contributed by atoms with van der Waals surface area (Å²) in [6, 6.07) is 0. The van der Waals surface area contributed by atoms with E-state index >= 15 is 0 Å². The Morgan fingerprint density at radius 3 is 2.89 bits per heavy atom. The molecule has 3 rings (SSSR count). The third-order valence-corrected chi connectivity index (χ3v) is 3.19. The smallest absolute Gasteiger partial charge is 0.173 e. The number of rotatable bonds is 2. The third kappa shape index (κ3) is 1.74. The SMILES string of the molecule is NC[C@H]1O[C@@H](n2cnc3c(N)ncnc32)C(F)[C@@H]1O. The van der Waals surface area contributed by atoms with Crippen molar-refractivity contribution in [3.8, 4) is 0 Å². The second kappa shape index (κ2) is 4.37. The number of hydrogen-bond donors (Lipinski definition) is 3. The van der Waals surface area contributed by atoms with Gasteiger partial charge in [-0.2, -0.15) is 0 Å². The Bertz CT molecular complexity index is 605. The summed E-state index contributed by atoms with van der Waals surface area (Å²) in [5, 5.41) is 9.68. The summed E-state index contributed by atoms with van der Waals surface area (Å²) in [7, 11) is 0. The van der Waals surface area contributed by atoms with Gasteiger partial charge < -0.3 is 21.3 Å². The summed E-state index contributed by atoms with van der Waals surface area (Å²) in [5.41, 5.74) is 11.8. The van der Waals surface area contributed by atoms with Gasteiger partial charge in [0.05, 0.1) is 6.33 Å².